The number of hydrogen-bond acceptors (Lipinski definition) is 3. The Kier molecular flexibility index (Phi) is 4.55. The number of nitrogens with one attached hydrogen (secondary N) is 2. The van der Waals surface area contributed by atoms with Crippen molar-refractivity contribution in [2.24, 2.45) is 5.92 Å². The highest BCUT2D eigenvalue weighted by atomic mass is 19.1. The number of benzene rings is 2. The second-order valence-corrected chi connectivity index (χ2v) is 6.24. The Morgan fingerprint density at radius 2 is 1.92 bits per heavy atom. The zero-order chi connectivity index (χ0) is 17.9. The molecule has 26 heavy (non-hydrogen) atoms. The van der Waals surface area contributed by atoms with Gasteiger partial charge in [-0.3, -0.25) is 5.10 Å². The van der Waals surface area contributed by atoms with Gasteiger partial charge in [-0.2, -0.15) is 5.10 Å². The summed E-state index contributed by atoms with van der Waals surface area (Å²) in [6, 6.07) is 7.69. The molecule has 2 heterocycles. The summed E-state index contributed by atoms with van der Waals surface area (Å²) < 4.78 is 33.5. The predicted molar refractivity (Wildman–Crippen MR) is 96.2 cm³/mol. The molecule has 3 aromatic rings. The molecule has 4 rings (SSSR count). The quantitative estimate of drug-likeness (QED) is 0.673. The highest BCUT2D eigenvalue weighted by molar-refractivity contribution is 5.87. The molecule has 1 aromatic heterocycles. The molecule has 0 atom stereocenters. The van der Waals surface area contributed by atoms with Crippen molar-refractivity contribution in [2.45, 2.75) is 12.8 Å². The minimum atomic E-state index is -0.441. The average Bonchev–Trinajstić information content (AvgIpc) is 3.13. The van der Waals surface area contributed by atoms with Crippen LogP contribution in [0.3, 0.4) is 0 Å². The summed E-state index contributed by atoms with van der Waals surface area (Å²) in [6.07, 6.45) is 3.26. The molecule has 2 aromatic carbocycles. The molecule has 1 aliphatic rings. The predicted octanol–water partition coefficient (Wildman–Crippen LogP) is 4.36. The fourth-order valence-corrected chi connectivity index (χ4v) is 2.98. The van der Waals surface area contributed by atoms with Gasteiger partial charge in [0.25, 0.3) is 0 Å². The van der Waals surface area contributed by atoms with E-state index < -0.39 is 5.82 Å². The number of ether oxygens (including phenoxy) is 1. The van der Waals surface area contributed by atoms with Crippen molar-refractivity contribution in [3.05, 3.63) is 53.7 Å². The zero-order valence-corrected chi connectivity index (χ0v) is 14.0. The Balaban J connectivity index is 1.74. The lowest BCUT2D eigenvalue weighted by Crippen LogP contribution is -2.14. The maximum atomic E-state index is 15.0. The van der Waals surface area contributed by atoms with Crippen LogP contribution < -0.4 is 5.32 Å². The minimum Gasteiger partial charge on any atom is -0.381 e. The second kappa shape index (κ2) is 7.14. The third kappa shape index (κ3) is 3.39. The highest BCUT2D eigenvalue weighted by Crippen LogP contribution is 2.29. The first-order valence-corrected chi connectivity index (χ1v) is 8.48. The molecular weight excluding hydrogens is 336 g/mol. The van der Waals surface area contributed by atoms with E-state index >= 15 is 0 Å². The van der Waals surface area contributed by atoms with E-state index in [9.17, 15) is 8.78 Å². The van der Waals surface area contributed by atoms with E-state index in [-0.39, 0.29) is 17.3 Å². The molecule has 6 heteroatoms. The van der Waals surface area contributed by atoms with Crippen LogP contribution in [0.15, 0.2) is 36.5 Å². The molecule has 0 aliphatic carbocycles. The van der Waals surface area contributed by atoms with Gasteiger partial charge in [-0.05, 0) is 43.2 Å². The van der Waals surface area contributed by atoms with Crippen molar-refractivity contribution < 1.29 is 13.5 Å². The van der Waals surface area contributed by atoms with Crippen LogP contribution in [0, 0.1) is 29.4 Å². The molecular formula is C20H17F2N3O. The number of hydrogen-bond donors (Lipinski definition) is 2. The fourth-order valence-electron chi connectivity index (χ4n) is 2.98. The number of H-pyrrole nitrogens is 1. The molecule has 0 bridgehead atoms. The van der Waals surface area contributed by atoms with Gasteiger partial charge in [0.2, 0.25) is 0 Å². The van der Waals surface area contributed by atoms with Gasteiger partial charge < -0.3 is 10.1 Å². The number of halogens is 2. The Bertz CT molecular complexity index is 980. The van der Waals surface area contributed by atoms with Crippen molar-refractivity contribution in [2.75, 3.05) is 18.5 Å². The van der Waals surface area contributed by atoms with E-state index in [0.29, 0.717) is 35.5 Å². The molecule has 0 spiro atoms. The summed E-state index contributed by atoms with van der Waals surface area (Å²) in [4.78, 5) is 0. The number of aromatic nitrogens is 2. The van der Waals surface area contributed by atoms with Crippen LogP contribution in [-0.4, -0.2) is 23.4 Å². The third-order valence-corrected chi connectivity index (χ3v) is 4.42. The molecule has 4 nitrogen and oxygen atoms in total. The van der Waals surface area contributed by atoms with Crippen molar-refractivity contribution in [3.8, 4) is 11.8 Å². The first kappa shape index (κ1) is 16.6. The minimum absolute atomic E-state index is 0.194. The van der Waals surface area contributed by atoms with Crippen molar-refractivity contribution >= 4 is 22.3 Å². The van der Waals surface area contributed by atoms with Crippen LogP contribution >= 0.6 is 0 Å². The summed E-state index contributed by atoms with van der Waals surface area (Å²) in [5, 5.41) is 10.4. The Labute approximate surface area is 149 Å². The van der Waals surface area contributed by atoms with Gasteiger partial charge >= 0.3 is 0 Å². The summed E-state index contributed by atoms with van der Waals surface area (Å²) >= 11 is 0. The lowest BCUT2D eigenvalue weighted by Gasteiger charge is -2.16. The van der Waals surface area contributed by atoms with Crippen molar-refractivity contribution in [3.63, 3.8) is 0 Å². The van der Waals surface area contributed by atoms with Crippen LogP contribution in [-0.2, 0) is 4.74 Å². The second-order valence-electron chi connectivity index (χ2n) is 6.24. The molecule has 0 amide bonds. The lowest BCUT2D eigenvalue weighted by atomic mass is 10.00. The van der Waals surface area contributed by atoms with E-state index in [1.165, 1.54) is 12.1 Å². The normalized spacial score (nSPS) is 14.8. The molecule has 1 saturated heterocycles. The molecule has 0 radical (unpaired) electrons. The van der Waals surface area contributed by atoms with E-state index in [0.717, 1.165) is 12.8 Å². The van der Waals surface area contributed by atoms with Crippen LogP contribution in [0.4, 0.5) is 20.2 Å². The largest absolute Gasteiger partial charge is 0.381 e. The Morgan fingerprint density at radius 3 is 2.69 bits per heavy atom. The van der Waals surface area contributed by atoms with Crippen LogP contribution in [0.5, 0.6) is 0 Å². The summed E-state index contributed by atoms with van der Waals surface area (Å²) in [5.41, 5.74) is 1.79. The molecule has 132 valence electrons. The summed E-state index contributed by atoms with van der Waals surface area (Å²) in [6.45, 7) is 1.37. The lowest BCUT2D eigenvalue weighted by molar-refractivity contribution is 0.0807. The SMILES string of the molecule is Fc1ccc(Nc2cc3cn[nH]c3c(F)c2C#CC2CCOCC2)cc1. The molecule has 1 fully saturated rings. The van der Waals surface area contributed by atoms with Gasteiger partial charge in [0, 0.05) is 30.2 Å². The zero-order valence-electron chi connectivity index (χ0n) is 14.0. The first-order chi connectivity index (χ1) is 12.7. The topological polar surface area (TPSA) is 49.9 Å². The Morgan fingerprint density at radius 1 is 1.15 bits per heavy atom. The van der Waals surface area contributed by atoms with Crippen LogP contribution in [0.2, 0.25) is 0 Å². The molecule has 1 aliphatic heterocycles. The maximum absolute atomic E-state index is 15.0. The highest BCUT2D eigenvalue weighted by Gasteiger charge is 2.15. The van der Waals surface area contributed by atoms with Gasteiger partial charge in [0.1, 0.15) is 11.3 Å². The Hall–Kier alpha value is -2.91. The monoisotopic (exact) mass is 353 g/mol. The maximum Gasteiger partial charge on any atom is 0.166 e. The van der Waals surface area contributed by atoms with E-state index in [1.54, 1.807) is 24.4 Å². The average molecular weight is 353 g/mol. The molecule has 2 N–H and O–H groups in total. The number of aromatic amines is 1. The summed E-state index contributed by atoms with van der Waals surface area (Å²) in [5.74, 6) is 5.59. The van der Waals surface area contributed by atoms with Crippen molar-refractivity contribution in [1.82, 2.24) is 10.2 Å². The third-order valence-electron chi connectivity index (χ3n) is 4.42. The van der Waals surface area contributed by atoms with E-state index in [2.05, 4.69) is 27.4 Å². The fraction of sp³-hybridized carbons (Fsp3) is 0.250. The van der Waals surface area contributed by atoms with E-state index in [1.807, 2.05) is 0 Å². The first-order valence-electron chi connectivity index (χ1n) is 8.48. The van der Waals surface area contributed by atoms with Crippen molar-refractivity contribution in [1.29, 1.82) is 0 Å². The van der Waals surface area contributed by atoms with Gasteiger partial charge in [-0.1, -0.05) is 11.8 Å². The number of rotatable bonds is 2. The number of anilines is 2. The van der Waals surface area contributed by atoms with Gasteiger partial charge in [-0.15, -0.1) is 0 Å². The molecule has 0 unspecified atom stereocenters. The van der Waals surface area contributed by atoms with Gasteiger partial charge in [0.15, 0.2) is 5.82 Å². The van der Waals surface area contributed by atoms with Crippen LogP contribution in [0.1, 0.15) is 18.4 Å². The standard InChI is InChI=1S/C20H17F2N3O/c21-15-2-4-16(5-3-15)24-18-11-14-12-23-25-20(14)19(22)17(18)6-1-13-7-9-26-10-8-13/h2-5,11-13,24H,7-10H2,(H,23,25). The van der Waals surface area contributed by atoms with E-state index in [4.69, 9.17) is 4.74 Å². The van der Waals surface area contributed by atoms with Gasteiger partial charge in [-0.25, -0.2) is 8.78 Å². The number of nitrogens with zero attached hydrogens (tertiary/aromatic N) is 1. The number of fused-ring (bicyclic) bond motifs is 1. The van der Waals surface area contributed by atoms with Gasteiger partial charge in [0.05, 0.1) is 17.4 Å². The summed E-state index contributed by atoms with van der Waals surface area (Å²) in [7, 11) is 0. The van der Waals surface area contributed by atoms with Crippen LogP contribution in [0.25, 0.3) is 10.9 Å². The molecule has 0 saturated carbocycles. The smallest absolute Gasteiger partial charge is 0.166 e.